The first-order valence-electron chi connectivity index (χ1n) is 24.8. The van der Waals surface area contributed by atoms with Crippen LogP contribution in [-0.2, 0) is 0 Å². The van der Waals surface area contributed by atoms with E-state index in [1.165, 1.54) is 263 Å². The number of aromatic nitrogens is 2. The van der Waals surface area contributed by atoms with Crippen LogP contribution >= 0.6 is 0 Å². The fourth-order valence-corrected chi connectivity index (χ4v) is 8.73. The summed E-state index contributed by atoms with van der Waals surface area (Å²) in [7, 11) is 0. The maximum Gasteiger partial charge on any atom is 0.257 e. The molecule has 52 heavy (non-hydrogen) atoms. The van der Waals surface area contributed by atoms with Gasteiger partial charge in [0.1, 0.15) is 12.4 Å². The van der Waals surface area contributed by atoms with E-state index in [0.717, 1.165) is 0 Å². The van der Waals surface area contributed by atoms with Gasteiger partial charge in [-0.1, -0.05) is 258 Å². The van der Waals surface area contributed by atoms with Crippen molar-refractivity contribution in [1.82, 2.24) is 4.98 Å². The van der Waals surface area contributed by atoms with Gasteiger partial charge in [0, 0.05) is 0 Å². The summed E-state index contributed by atoms with van der Waals surface area (Å²) in [6.07, 6.45) is 63.6. The number of nitrogens with one attached hydrogen (secondary N) is 1. The molecule has 1 heterocycles. The zero-order chi connectivity index (χ0) is 37.4. The Morgan fingerprint density at radius 2 is 0.615 bits per heavy atom. The van der Waals surface area contributed by atoms with E-state index in [0.29, 0.717) is 12.0 Å². The van der Waals surface area contributed by atoms with E-state index in [1.54, 1.807) is 5.82 Å². The molecular weight excluding hydrogens is 629 g/mol. The molecule has 2 nitrogen and oxygen atoms in total. The van der Waals surface area contributed by atoms with Crippen molar-refractivity contribution < 1.29 is 4.57 Å². The monoisotopic (exact) mass is 728 g/mol. The zero-order valence-corrected chi connectivity index (χ0v) is 36.7. The first-order chi connectivity index (χ1) is 25.7. The molecule has 0 radical (unpaired) electrons. The van der Waals surface area contributed by atoms with E-state index in [2.05, 4.69) is 49.6 Å². The van der Waals surface area contributed by atoms with E-state index in [9.17, 15) is 0 Å². The lowest BCUT2D eigenvalue weighted by atomic mass is 9.92. The second-order valence-electron chi connectivity index (χ2n) is 17.5. The summed E-state index contributed by atoms with van der Waals surface area (Å²) < 4.78 is 2.66. The molecule has 0 bridgehead atoms. The summed E-state index contributed by atoms with van der Waals surface area (Å²) in [5.41, 5.74) is 0. The van der Waals surface area contributed by atoms with E-state index in [-0.39, 0.29) is 0 Å². The SMILES string of the molecule is CCCCCCCCCCCCCCCCCCCC(CCCCCCCCCCC)c1[nH]cc[n+]1C(C)CCCCCCCCCCCCCC. The van der Waals surface area contributed by atoms with Gasteiger partial charge in [-0.3, -0.25) is 0 Å². The van der Waals surface area contributed by atoms with Crippen molar-refractivity contribution >= 4 is 0 Å². The minimum absolute atomic E-state index is 0.616. The molecule has 0 aliphatic rings. The van der Waals surface area contributed by atoms with E-state index < -0.39 is 0 Å². The van der Waals surface area contributed by atoms with Crippen molar-refractivity contribution in [1.29, 1.82) is 0 Å². The highest BCUT2D eigenvalue weighted by atomic mass is 15.1. The van der Waals surface area contributed by atoms with Gasteiger partial charge in [-0.05, 0) is 32.6 Å². The predicted molar refractivity (Wildman–Crippen MR) is 235 cm³/mol. The van der Waals surface area contributed by atoms with Crippen molar-refractivity contribution in [2.45, 2.75) is 303 Å². The third kappa shape index (κ3) is 30.5. The van der Waals surface area contributed by atoms with Crippen LogP contribution in [0.3, 0.4) is 0 Å². The third-order valence-corrected chi connectivity index (χ3v) is 12.4. The van der Waals surface area contributed by atoms with Crippen LogP contribution in [0.5, 0.6) is 0 Å². The number of imidazole rings is 1. The Kier molecular flexibility index (Phi) is 37.8. The van der Waals surface area contributed by atoms with Gasteiger partial charge in [0.15, 0.2) is 0 Å². The Morgan fingerprint density at radius 3 is 0.904 bits per heavy atom. The molecule has 2 atom stereocenters. The highest BCUT2D eigenvalue weighted by molar-refractivity contribution is 4.90. The van der Waals surface area contributed by atoms with Crippen LogP contribution in [0, 0.1) is 0 Å². The summed E-state index contributed by atoms with van der Waals surface area (Å²) in [6, 6.07) is 0.616. The Balaban J connectivity index is 2.32. The van der Waals surface area contributed by atoms with Gasteiger partial charge >= 0.3 is 0 Å². The van der Waals surface area contributed by atoms with Gasteiger partial charge in [-0.15, -0.1) is 0 Å². The number of H-pyrrole nitrogens is 1. The van der Waals surface area contributed by atoms with Crippen LogP contribution in [-0.4, -0.2) is 4.98 Å². The quantitative estimate of drug-likeness (QED) is 0.0510. The average Bonchev–Trinajstić information content (AvgIpc) is 3.65. The molecule has 0 saturated heterocycles. The molecule has 0 amide bonds. The predicted octanol–water partition coefficient (Wildman–Crippen LogP) is 18.0. The van der Waals surface area contributed by atoms with Gasteiger partial charge in [-0.25, -0.2) is 9.55 Å². The highest BCUT2D eigenvalue weighted by Crippen LogP contribution is 2.28. The topological polar surface area (TPSA) is 19.7 Å². The Labute approximate surface area is 329 Å². The zero-order valence-electron chi connectivity index (χ0n) is 36.7. The van der Waals surface area contributed by atoms with Crippen molar-refractivity contribution in [2.75, 3.05) is 0 Å². The van der Waals surface area contributed by atoms with Crippen LogP contribution in [0.1, 0.15) is 309 Å². The number of aromatic amines is 1. The van der Waals surface area contributed by atoms with Crippen LogP contribution in [0.25, 0.3) is 0 Å². The lowest BCUT2D eigenvalue weighted by Gasteiger charge is -2.17. The summed E-state index contributed by atoms with van der Waals surface area (Å²) in [6.45, 7) is 9.44. The van der Waals surface area contributed by atoms with Crippen molar-refractivity contribution in [3.63, 3.8) is 0 Å². The molecule has 0 aliphatic heterocycles. The molecule has 1 rings (SSSR count). The molecule has 2 unspecified atom stereocenters. The molecular formula is C50H99N2+. The Morgan fingerprint density at radius 1 is 0.365 bits per heavy atom. The molecule has 0 aliphatic carbocycles. The van der Waals surface area contributed by atoms with Gasteiger partial charge in [0.25, 0.3) is 5.82 Å². The summed E-state index contributed by atoms with van der Waals surface area (Å²) in [5, 5.41) is 0. The fraction of sp³-hybridized carbons (Fsp3) is 0.940. The molecule has 0 fully saturated rings. The lowest BCUT2D eigenvalue weighted by molar-refractivity contribution is -0.727. The Bertz CT molecular complexity index is 798. The van der Waals surface area contributed by atoms with Crippen molar-refractivity contribution in [2.24, 2.45) is 0 Å². The molecule has 2 heteroatoms. The molecule has 0 spiro atoms. The molecule has 0 saturated carbocycles. The summed E-state index contributed by atoms with van der Waals surface area (Å²) in [5.74, 6) is 2.25. The fourth-order valence-electron chi connectivity index (χ4n) is 8.73. The third-order valence-electron chi connectivity index (χ3n) is 12.4. The largest absolute Gasteiger partial charge is 0.257 e. The first kappa shape index (κ1) is 49.2. The molecule has 1 N–H and O–H groups in total. The molecule has 0 aromatic carbocycles. The number of nitrogens with zero attached hydrogens (tertiary/aromatic N) is 1. The van der Waals surface area contributed by atoms with E-state index >= 15 is 0 Å². The number of hydrogen-bond acceptors (Lipinski definition) is 0. The second kappa shape index (κ2) is 39.9. The van der Waals surface area contributed by atoms with Gasteiger partial charge < -0.3 is 0 Å². The molecule has 1 aromatic rings. The second-order valence-corrected chi connectivity index (χ2v) is 17.5. The van der Waals surface area contributed by atoms with E-state index in [4.69, 9.17) is 0 Å². The van der Waals surface area contributed by atoms with Crippen LogP contribution in [0.2, 0.25) is 0 Å². The number of rotatable bonds is 43. The smallest absolute Gasteiger partial charge is 0.247 e. The number of hydrogen-bond donors (Lipinski definition) is 1. The number of unbranched alkanes of at least 4 members (excludes halogenated alkanes) is 35. The first-order valence-corrected chi connectivity index (χ1v) is 24.8. The minimum atomic E-state index is 0.616. The lowest BCUT2D eigenvalue weighted by Crippen LogP contribution is -2.41. The van der Waals surface area contributed by atoms with Crippen LogP contribution in [0.4, 0.5) is 0 Å². The van der Waals surface area contributed by atoms with Gasteiger partial charge in [0.2, 0.25) is 0 Å². The van der Waals surface area contributed by atoms with Crippen molar-refractivity contribution in [3.8, 4) is 0 Å². The van der Waals surface area contributed by atoms with Crippen molar-refractivity contribution in [3.05, 3.63) is 18.2 Å². The minimum Gasteiger partial charge on any atom is -0.247 e. The normalized spacial score (nSPS) is 12.9. The maximum absolute atomic E-state index is 3.78. The van der Waals surface area contributed by atoms with Gasteiger partial charge in [-0.2, -0.15) is 0 Å². The average molecular weight is 728 g/mol. The standard InChI is InChI=1S/C50H98N2/c1-5-8-11-14-17-20-22-24-25-26-27-28-30-33-36-39-42-45-49(44-41-38-35-31-19-16-13-10-7-3)50-51-46-47-52(50)48(4)43-40-37-34-32-29-23-21-18-15-12-9-6-2/h46-49H,5-45H2,1-4H3/p+1. The summed E-state index contributed by atoms with van der Waals surface area (Å²) in [4.78, 5) is 3.78. The molecule has 1 aromatic heterocycles. The Hall–Kier alpha value is -0.790. The van der Waals surface area contributed by atoms with Gasteiger partial charge in [0.05, 0.1) is 12.0 Å². The maximum atomic E-state index is 3.78. The van der Waals surface area contributed by atoms with Crippen LogP contribution in [0.15, 0.2) is 12.4 Å². The van der Waals surface area contributed by atoms with Crippen LogP contribution < -0.4 is 4.57 Å². The summed E-state index contributed by atoms with van der Waals surface area (Å²) >= 11 is 0. The van der Waals surface area contributed by atoms with E-state index in [1.807, 2.05) is 0 Å². The molecule has 308 valence electrons. The highest BCUT2D eigenvalue weighted by Gasteiger charge is 2.25.